The Morgan fingerprint density at radius 2 is 1.63 bits per heavy atom. The summed E-state index contributed by atoms with van der Waals surface area (Å²) < 4.78 is 33.9. The van der Waals surface area contributed by atoms with Crippen LogP contribution in [0.25, 0.3) is 0 Å². The van der Waals surface area contributed by atoms with E-state index < -0.39 is 11.6 Å². The van der Waals surface area contributed by atoms with Crippen molar-refractivity contribution in [1.82, 2.24) is 0 Å². The highest BCUT2D eigenvalue weighted by Gasteiger charge is 2.21. The molecule has 1 saturated carbocycles. The highest BCUT2D eigenvalue weighted by Crippen LogP contribution is 2.35. The highest BCUT2D eigenvalue weighted by atomic mass is 19.2. The maximum atomic E-state index is 14.3. The summed E-state index contributed by atoms with van der Waals surface area (Å²) in [5, 5.41) is 0. The van der Waals surface area contributed by atoms with Gasteiger partial charge in [0.25, 0.3) is 0 Å². The molecule has 0 bridgehead atoms. The smallest absolute Gasteiger partial charge is 0.201 e. The normalized spacial score (nSPS) is 18.5. The van der Waals surface area contributed by atoms with Gasteiger partial charge in [0.2, 0.25) is 5.82 Å². The molecule has 160 valence electrons. The zero-order chi connectivity index (χ0) is 21.3. The van der Waals surface area contributed by atoms with Gasteiger partial charge in [-0.2, -0.15) is 4.39 Å². The molecule has 0 amide bonds. The molecule has 3 rings (SSSR count). The first-order valence-electron chi connectivity index (χ1n) is 11.3. The molecule has 0 saturated heterocycles. The van der Waals surface area contributed by atoms with Crippen molar-refractivity contribution in [3.63, 3.8) is 0 Å². The van der Waals surface area contributed by atoms with E-state index in [1.165, 1.54) is 29.7 Å². The largest absolute Gasteiger partial charge is 0.490 e. The Bertz CT molecular complexity index is 868. The molecule has 0 atom stereocenters. The second-order valence-corrected chi connectivity index (χ2v) is 8.25. The molecule has 1 aliphatic rings. The molecule has 1 nitrogen and oxygen atoms in total. The van der Waals surface area contributed by atoms with Gasteiger partial charge in [0.05, 0.1) is 12.2 Å². The fraction of sp³-hybridized carbons (Fsp3) is 0.481. The van der Waals surface area contributed by atoms with Crippen molar-refractivity contribution in [3.8, 4) is 17.6 Å². The topological polar surface area (TPSA) is 9.23 Å². The number of ether oxygens (including phenoxy) is 1. The molecule has 0 heterocycles. The number of unbranched alkanes of at least 4 members (excludes halogenated alkanes) is 1. The van der Waals surface area contributed by atoms with Crippen LogP contribution in [0.1, 0.15) is 81.4 Å². The average molecular weight is 411 g/mol. The summed E-state index contributed by atoms with van der Waals surface area (Å²) in [4.78, 5) is 0. The molecule has 0 unspecified atom stereocenters. The van der Waals surface area contributed by atoms with Gasteiger partial charge in [0.15, 0.2) is 11.6 Å². The lowest BCUT2D eigenvalue weighted by atomic mass is 9.78. The molecule has 1 fully saturated rings. The first-order valence-corrected chi connectivity index (χ1v) is 11.3. The second-order valence-electron chi connectivity index (χ2n) is 8.25. The van der Waals surface area contributed by atoms with Crippen molar-refractivity contribution in [2.75, 3.05) is 6.61 Å². The van der Waals surface area contributed by atoms with Crippen molar-refractivity contribution < 1.29 is 13.5 Å². The quantitative estimate of drug-likeness (QED) is 0.341. The molecule has 0 N–H and O–H groups in total. The lowest BCUT2D eigenvalue weighted by Gasteiger charge is -2.26. The molecule has 0 aliphatic heterocycles. The predicted molar refractivity (Wildman–Crippen MR) is 119 cm³/mol. The maximum absolute atomic E-state index is 14.3. The van der Waals surface area contributed by atoms with Crippen LogP contribution in [0, 0.1) is 29.4 Å². The van der Waals surface area contributed by atoms with E-state index in [1.54, 1.807) is 0 Å². The monoisotopic (exact) mass is 410 g/mol. The molecule has 0 spiro atoms. The number of rotatable bonds is 7. The number of hydrogen-bond acceptors (Lipinski definition) is 1. The van der Waals surface area contributed by atoms with Gasteiger partial charge in [-0.05, 0) is 67.7 Å². The van der Waals surface area contributed by atoms with Crippen molar-refractivity contribution in [1.29, 1.82) is 0 Å². The van der Waals surface area contributed by atoms with E-state index in [4.69, 9.17) is 4.74 Å². The van der Waals surface area contributed by atoms with Gasteiger partial charge in [0.1, 0.15) is 0 Å². The van der Waals surface area contributed by atoms with E-state index in [-0.39, 0.29) is 17.2 Å². The third-order valence-electron chi connectivity index (χ3n) is 5.93. The van der Waals surface area contributed by atoms with E-state index >= 15 is 0 Å². The molecular weight excluding hydrogens is 378 g/mol. The average Bonchev–Trinajstić information content (AvgIpc) is 2.77. The molecule has 2 aromatic carbocycles. The highest BCUT2D eigenvalue weighted by molar-refractivity contribution is 5.41. The van der Waals surface area contributed by atoms with Crippen LogP contribution in [0.3, 0.4) is 0 Å². The van der Waals surface area contributed by atoms with Crippen LogP contribution in [0.15, 0.2) is 36.4 Å². The molecule has 0 radical (unpaired) electrons. The van der Waals surface area contributed by atoms with Gasteiger partial charge in [-0.1, -0.05) is 62.8 Å². The van der Waals surface area contributed by atoms with E-state index in [2.05, 4.69) is 43.0 Å². The Morgan fingerprint density at radius 1 is 0.900 bits per heavy atom. The first-order chi connectivity index (χ1) is 14.6. The van der Waals surface area contributed by atoms with Crippen LogP contribution in [0.4, 0.5) is 8.78 Å². The van der Waals surface area contributed by atoms with Crippen molar-refractivity contribution in [2.24, 2.45) is 5.92 Å². The molecule has 0 aromatic heterocycles. The fourth-order valence-corrected chi connectivity index (χ4v) is 4.06. The van der Waals surface area contributed by atoms with Gasteiger partial charge in [-0.15, -0.1) is 0 Å². The van der Waals surface area contributed by atoms with Crippen molar-refractivity contribution >= 4 is 0 Å². The number of halogens is 2. The number of hydrogen-bond donors (Lipinski definition) is 0. The standard InChI is InChI=1S/C27H32F2O/c1-3-5-19-30-25-18-17-24(26(28)27(25)29)16-11-21-9-14-23(15-10-21)22-12-7-20(6-4-2)8-13-22/h7-8,12-13,17-18,21,23H,3-6,9-10,14-15,19H2,1-2H3/t21-,23-. The zero-order valence-electron chi connectivity index (χ0n) is 18.1. The van der Waals surface area contributed by atoms with E-state index in [1.807, 2.05) is 6.92 Å². The van der Waals surface area contributed by atoms with E-state index in [9.17, 15) is 8.78 Å². The van der Waals surface area contributed by atoms with Gasteiger partial charge in [-0.25, -0.2) is 4.39 Å². The van der Waals surface area contributed by atoms with Crippen molar-refractivity contribution in [3.05, 3.63) is 64.7 Å². The Labute approximate surface area is 179 Å². The van der Waals surface area contributed by atoms with Crippen LogP contribution in [-0.2, 0) is 6.42 Å². The summed E-state index contributed by atoms with van der Waals surface area (Å²) in [6, 6.07) is 12.0. The van der Waals surface area contributed by atoms with E-state index in [0.717, 1.165) is 44.9 Å². The lowest BCUT2D eigenvalue weighted by molar-refractivity contribution is 0.288. The minimum absolute atomic E-state index is 0.0306. The summed E-state index contributed by atoms with van der Waals surface area (Å²) in [7, 11) is 0. The predicted octanol–water partition coefficient (Wildman–Crippen LogP) is 7.42. The van der Waals surface area contributed by atoms with Crippen molar-refractivity contribution in [2.45, 2.75) is 71.1 Å². The third-order valence-corrected chi connectivity index (χ3v) is 5.93. The number of benzene rings is 2. The van der Waals surface area contributed by atoms with Gasteiger partial charge in [0, 0.05) is 5.92 Å². The van der Waals surface area contributed by atoms with E-state index in [0.29, 0.717) is 12.5 Å². The Hall–Kier alpha value is -2.34. The summed E-state index contributed by atoms with van der Waals surface area (Å²) in [5.74, 6) is 4.99. The Morgan fingerprint density at radius 3 is 2.30 bits per heavy atom. The zero-order valence-corrected chi connectivity index (χ0v) is 18.1. The van der Waals surface area contributed by atoms with Gasteiger partial charge >= 0.3 is 0 Å². The van der Waals surface area contributed by atoms with Crippen LogP contribution in [0.5, 0.6) is 5.75 Å². The molecular formula is C27H32F2O. The number of aryl methyl sites for hydroxylation is 1. The van der Waals surface area contributed by atoms with Gasteiger partial charge in [-0.3, -0.25) is 0 Å². The van der Waals surface area contributed by atoms with Crippen LogP contribution < -0.4 is 4.74 Å². The molecule has 30 heavy (non-hydrogen) atoms. The lowest BCUT2D eigenvalue weighted by Crippen LogP contribution is -2.12. The summed E-state index contributed by atoms with van der Waals surface area (Å²) >= 11 is 0. The minimum atomic E-state index is -0.937. The van der Waals surface area contributed by atoms with Crippen LogP contribution in [-0.4, -0.2) is 6.61 Å². The first kappa shape index (κ1) is 22.3. The van der Waals surface area contributed by atoms with Crippen LogP contribution in [0.2, 0.25) is 0 Å². The summed E-state index contributed by atoms with van der Waals surface area (Å²) in [6.45, 7) is 4.62. The Balaban J connectivity index is 1.57. The Kier molecular flexibility index (Phi) is 8.31. The molecule has 2 aromatic rings. The molecule has 1 aliphatic carbocycles. The van der Waals surface area contributed by atoms with Gasteiger partial charge < -0.3 is 4.74 Å². The summed E-state index contributed by atoms with van der Waals surface area (Å²) in [5.41, 5.74) is 2.92. The summed E-state index contributed by atoms with van der Waals surface area (Å²) in [6.07, 6.45) is 8.23. The minimum Gasteiger partial charge on any atom is -0.490 e. The SMILES string of the molecule is CCCCOc1ccc(C#C[C@H]2CC[C@H](c3ccc(CCC)cc3)CC2)c(F)c1F. The third kappa shape index (κ3) is 5.85. The molecule has 3 heteroatoms. The maximum Gasteiger partial charge on any atom is 0.201 e. The fourth-order valence-electron chi connectivity index (χ4n) is 4.06. The second kappa shape index (κ2) is 11.2. The van der Waals surface area contributed by atoms with Crippen LogP contribution >= 0.6 is 0 Å².